The van der Waals surface area contributed by atoms with E-state index in [1.807, 2.05) is 18.3 Å². The molecule has 1 heterocycles. The quantitative estimate of drug-likeness (QED) is 0.661. The van der Waals surface area contributed by atoms with Gasteiger partial charge in [0.2, 0.25) is 0 Å². The summed E-state index contributed by atoms with van der Waals surface area (Å²) in [5.74, 6) is 0. The van der Waals surface area contributed by atoms with E-state index in [1.54, 1.807) is 11.0 Å². The Kier molecular flexibility index (Phi) is 5.63. The van der Waals surface area contributed by atoms with E-state index in [0.717, 1.165) is 38.3 Å². The van der Waals surface area contributed by atoms with Gasteiger partial charge in [-0.3, -0.25) is 5.01 Å². The van der Waals surface area contributed by atoms with Crippen molar-refractivity contribution in [1.29, 1.82) is 0 Å². The number of nitrogens with zero attached hydrogens (tertiary/aromatic N) is 2. The Labute approximate surface area is 169 Å². The molecule has 3 aromatic rings. The molecule has 4 rings (SSSR count). The van der Waals surface area contributed by atoms with Gasteiger partial charge >= 0.3 is 0 Å². The standard InChI is InChI=1S/C22H21Cl2N3/c23-21-9-8-17(14-22(21)24)15-25-27-12-10-26(11-13-27)16-19-6-3-5-18-4-1-2-7-20(18)19/h1-9,14-15H,10-13,16H2/p+1/b25-15-. The van der Waals surface area contributed by atoms with Crippen molar-refractivity contribution in [1.82, 2.24) is 5.01 Å². The van der Waals surface area contributed by atoms with Gasteiger partial charge < -0.3 is 4.90 Å². The normalized spacial score (nSPS) is 15.7. The van der Waals surface area contributed by atoms with Crippen LogP contribution in [0, 0.1) is 0 Å². The first-order valence-electron chi connectivity index (χ1n) is 9.23. The third-order valence-electron chi connectivity index (χ3n) is 5.08. The molecule has 5 heteroatoms. The smallest absolute Gasteiger partial charge is 0.104 e. The van der Waals surface area contributed by atoms with Gasteiger partial charge in [0, 0.05) is 5.56 Å². The summed E-state index contributed by atoms with van der Waals surface area (Å²) in [6, 6.07) is 20.8. The number of halogens is 2. The van der Waals surface area contributed by atoms with E-state index >= 15 is 0 Å². The van der Waals surface area contributed by atoms with Crippen LogP contribution in [0.3, 0.4) is 0 Å². The van der Waals surface area contributed by atoms with Crippen molar-refractivity contribution in [3.8, 4) is 0 Å². The Balaban J connectivity index is 1.36. The van der Waals surface area contributed by atoms with Crippen molar-refractivity contribution in [2.45, 2.75) is 6.54 Å². The molecule has 3 nitrogen and oxygen atoms in total. The minimum Gasteiger partial charge on any atom is -0.328 e. The molecule has 0 amide bonds. The monoisotopic (exact) mass is 398 g/mol. The maximum atomic E-state index is 6.06. The van der Waals surface area contributed by atoms with Gasteiger partial charge in [0.1, 0.15) is 6.54 Å². The largest absolute Gasteiger partial charge is 0.328 e. The number of hydrogen-bond donors (Lipinski definition) is 1. The van der Waals surface area contributed by atoms with Crippen LogP contribution in [0.1, 0.15) is 11.1 Å². The molecule has 0 unspecified atom stereocenters. The van der Waals surface area contributed by atoms with Crippen LogP contribution < -0.4 is 4.90 Å². The highest BCUT2D eigenvalue weighted by Gasteiger charge is 2.19. The maximum Gasteiger partial charge on any atom is 0.104 e. The van der Waals surface area contributed by atoms with Gasteiger partial charge in [-0.05, 0) is 28.5 Å². The molecule has 1 saturated heterocycles. The van der Waals surface area contributed by atoms with E-state index in [4.69, 9.17) is 23.2 Å². The predicted molar refractivity (Wildman–Crippen MR) is 114 cm³/mol. The first-order chi connectivity index (χ1) is 13.2. The molecule has 0 atom stereocenters. The second kappa shape index (κ2) is 8.30. The fourth-order valence-corrected chi connectivity index (χ4v) is 3.87. The van der Waals surface area contributed by atoms with Gasteiger partial charge in [0.05, 0.1) is 42.4 Å². The van der Waals surface area contributed by atoms with Crippen LogP contribution in [0.2, 0.25) is 10.0 Å². The molecule has 0 saturated carbocycles. The molecule has 1 aliphatic heterocycles. The minimum atomic E-state index is 0.560. The van der Waals surface area contributed by atoms with Crippen molar-refractivity contribution in [3.63, 3.8) is 0 Å². The number of fused-ring (bicyclic) bond motifs is 1. The second-order valence-electron chi connectivity index (χ2n) is 6.94. The van der Waals surface area contributed by atoms with Crippen LogP contribution in [-0.4, -0.2) is 37.4 Å². The summed E-state index contributed by atoms with van der Waals surface area (Å²) >= 11 is 12.0. The zero-order valence-corrected chi connectivity index (χ0v) is 16.5. The summed E-state index contributed by atoms with van der Waals surface area (Å²) in [6.07, 6.45) is 1.86. The van der Waals surface area contributed by atoms with E-state index in [0.29, 0.717) is 10.0 Å². The molecule has 0 aromatic heterocycles. The fourth-order valence-electron chi connectivity index (χ4n) is 3.56. The first-order valence-corrected chi connectivity index (χ1v) is 9.99. The molecular formula is C22H22Cl2N3+. The number of benzene rings is 3. The van der Waals surface area contributed by atoms with Crippen LogP contribution in [0.25, 0.3) is 10.8 Å². The lowest BCUT2D eigenvalue weighted by Crippen LogP contribution is -3.13. The van der Waals surface area contributed by atoms with Crippen LogP contribution in [0.5, 0.6) is 0 Å². The number of hydrazone groups is 1. The summed E-state index contributed by atoms with van der Waals surface area (Å²) in [7, 11) is 0. The Bertz CT molecular complexity index is 957. The summed E-state index contributed by atoms with van der Waals surface area (Å²) in [4.78, 5) is 1.60. The zero-order valence-electron chi connectivity index (χ0n) is 15.0. The highest BCUT2D eigenvalue weighted by molar-refractivity contribution is 6.42. The lowest BCUT2D eigenvalue weighted by atomic mass is 10.0. The summed E-state index contributed by atoms with van der Waals surface area (Å²) < 4.78 is 0. The van der Waals surface area contributed by atoms with E-state index in [1.165, 1.54) is 16.3 Å². The number of rotatable bonds is 4. The number of piperazine rings is 1. The lowest BCUT2D eigenvalue weighted by molar-refractivity contribution is -0.918. The van der Waals surface area contributed by atoms with E-state index in [-0.39, 0.29) is 0 Å². The van der Waals surface area contributed by atoms with Crippen LogP contribution in [-0.2, 0) is 6.54 Å². The average molecular weight is 399 g/mol. The lowest BCUT2D eigenvalue weighted by Gasteiger charge is -2.30. The molecule has 27 heavy (non-hydrogen) atoms. The average Bonchev–Trinajstić information content (AvgIpc) is 2.70. The van der Waals surface area contributed by atoms with Crippen molar-refractivity contribution in [2.75, 3.05) is 26.2 Å². The van der Waals surface area contributed by atoms with Gasteiger partial charge in [-0.25, -0.2) is 0 Å². The SMILES string of the molecule is Clc1ccc(/C=N\N2CC[NH+](Cc3cccc4ccccc34)CC2)cc1Cl. The third-order valence-corrected chi connectivity index (χ3v) is 5.82. The topological polar surface area (TPSA) is 20.0 Å². The molecule has 1 N–H and O–H groups in total. The zero-order chi connectivity index (χ0) is 18.6. The van der Waals surface area contributed by atoms with Gasteiger partial charge in [-0.15, -0.1) is 0 Å². The molecule has 0 bridgehead atoms. The predicted octanol–water partition coefficient (Wildman–Crippen LogP) is 3.88. The highest BCUT2D eigenvalue weighted by Crippen LogP contribution is 2.22. The minimum absolute atomic E-state index is 0.560. The van der Waals surface area contributed by atoms with E-state index in [2.05, 4.69) is 52.6 Å². The summed E-state index contributed by atoms with van der Waals surface area (Å²) in [6.45, 7) is 5.14. The van der Waals surface area contributed by atoms with Crippen molar-refractivity contribution >= 4 is 40.2 Å². The number of quaternary nitrogens is 1. The van der Waals surface area contributed by atoms with Gasteiger partial charge in [0.25, 0.3) is 0 Å². The van der Waals surface area contributed by atoms with E-state index in [9.17, 15) is 0 Å². The molecule has 1 aliphatic rings. The van der Waals surface area contributed by atoms with Gasteiger partial charge in [0.15, 0.2) is 0 Å². The molecule has 0 radical (unpaired) electrons. The molecule has 0 aliphatic carbocycles. The van der Waals surface area contributed by atoms with Crippen LogP contribution in [0.4, 0.5) is 0 Å². The first kappa shape index (κ1) is 18.3. The summed E-state index contributed by atoms with van der Waals surface area (Å²) in [5.41, 5.74) is 2.39. The van der Waals surface area contributed by atoms with Crippen LogP contribution in [0.15, 0.2) is 65.8 Å². The fraction of sp³-hybridized carbons (Fsp3) is 0.227. The van der Waals surface area contributed by atoms with Gasteiger partial charge in [-0.1, -0.05) is 71.7 Å². The van der Waals surface area contributed by atoms with Crippen molar-refractivity contribution in [3.05, 3.63) is 81.8 Å². The Morgan fingerprint density at radius 2 is 1.70 bits per heavy atom. The number of nitrogens with one attached hydrogen (secondary N) is 1. The maximum absolute atomic E-state index is 6.06. The molecule has 1 fully saturated rings. The highest BCUT2D eigenvalue weighted by atomic mass is 35.5. The Morgan fingerprint density at radius 3 is 2.52 bits per heavy atom. The Morgan fingerprint density at radius 1 is 0.926 bits per heavy atom. The molecule has 138 valence electrons. The van der Waals surface area contributed by atoms with E-state index < -0.39 is 0 Å². The van der Waals surface area contributed by atoms with Crippen molar-refractivity contribution in [2.24, 2.45) is 5.10 Å². The number of hydrogen-bond acceptors (Lipinski definition) is 2. The van der Waals surface area contributed by atoms with Crippen molar-refractivity contribution < 1.29 is 4.90 Å². The second-order valence-corrected chi connectivity index (χ2v) is 7.75. The molecule has 0 spiro atoms. The van der Waals surface area contributed by atoms with Crippen LogP contribution >= 0.6 is 23.2 Å². The third kappa shape index (κ3) is 4.44. The Hall–Kier alpha value is -2.07. The summed E-state index contributed by atoms with van der Waals surface area (Å²) in [5, 5.41) is 10.6. The molecular weight excluding hydrogens is 377 g/mol. The van der Waals surface area contributed by atoms with Gasteiger partial charge in [-0.2, -0.15) is 5.10 Å². The molecule has 3 aromatic carbocycles.